The van der Waals surface area contributed by atoms with Gasteiger partial charge in [-0.3, -0.25) is 9.59 Å². The third kappa shape index (κ3) is 3.76. The molecule has 3 nitrogen and oxygen atoms in total. The molecule has 1 atom stereocenters. The van der Waals surface area contributed by atoms with E-state index < -0.39 is 0 Å². The standard InChI is InChI=1S/C16H16FNO2S/c1-3-14(11-4-6-13(17)7-5-11)18-16(20)12-8-15(10(2)19)21-9-12/h4-9,14H,3H2,1-2H3,(H,18,20)/t14-/m0/s1. The van der Waals surface area contributed by atoms with Gasteiger partial charge in [-0.25, -0.2) is 4.39 Å². The van der Waals surface area contributed by atoms with Crippen LogP contribution in [0.1, 0.15) is 51.9 Å². The molecule has 0 saturated carbocycles. The lowest BCUT2D eigenvalue weighted by Crippen LogP contribution is -2.27. The highest BCUT2D eigenvalue weighted by Gasteiger charge is 2.16. The molecule has 0 aliphatic carbocycles. The first-order chi connectivity index (χ1) is 10.0. The molecule has 110 valence electrons. The molecule has 0 aliphatic rings. The van der Waals surface area contributed by atoms with Gasteiger partial charge < -0.3 is 5.32 Å². The third-order valence-corrected chi connectivity index (χ3v) is 4.23. The maximum absolute atomic E-state index is 12.9. The van der Waals surface area contributed by atoms with Crippen LogP contribution in [0.15, 0.2) is 35.7 Å². The molecule has 2 aromatic rings. The van der Waals surface area contributed by atoms with Crippen molar-refractivity contribution in [1.29, 1.82) is 0 Å². The van der Waals surface area contributed by atoms with E-state index in [2.05, 4.69) is 5.32 Å². The number of carbonyl (C=O) groups excluding carboxylic acids is 2. The van der Waals surface area contributed by atoms with Crippen molar-refractivity contribution in [2.24, 2.45) is 0 Å². The maximum Gasteiger partial charge on any atom is 0.252 e. The van der Waals surface area contributed by atoms with Crippen LogP contribution in [0, 0.1) is 5.82 Å². The third-order valence-electron chi connectivity index (χ3n) is 3.19. The summed E-state index contributed by atoms with van der Waals surface area (Å²) in [4.78, 5) is 24.0. The van der Waals surface area contributed by atoms with Gasteiger partial charge in [0.2, 0.25) is 0 Å². The SMILES string of the molecule is CC[C@H](NC(=O)c1csc(C(C)=O)c1)c1ccc(F)cc1. The lowest BCUT2D eigenvalue weighted by Gasteiger charge is -2.17. The van der Waals surface area contributed by atoms with E-state index in [0.717, 1.165) is 5.56 Å². The first-order valence-electron chi connectivity index (χ1n) is 6.67. The number of Topliss-reactive ketones (excluding diaryl/α,β-unsaturated/α-hetero) is 1. The predicted octanol–water partition coefficient (Wildman–Crippen LogP) is 3.97. The number of benzene rings is 1. The fourth-order valence-electron chi connectivity index (χ4n) is 2.00. The van der Waals surface area contributed by atoms with Crippen LogP contribution < -0.4 is 5.32 Å². The zero-order valence-corrected chi connectivity index (χ0v) is 12.7. The number of rotatable bonds is 5. The molecule has 2 rings (SSSR count). The Balaban J connectivity index is 2.12. The zero-order valence-electron chi connectivity index (χ0n) is 11.9. The Labute approximate surface area is 126 Å². The quantitative estimate of drug-likeness (QED) is 0.850. The van der Waals surface area contributed by atoms with Gasteiger partial charge in [0.25, 0.3) is 5.91 Å². The van der Waals surface area contributed by atoms with Gasteiger partial charge in [-0.15, -0.1) is 11.3 Å². The fourth-order valence-corrected chi connectivity index (χ4v) is 2.79. The normalized spacial score (nSPS) is 12.0. The van der Waals surface area contributed by atoms with Crippen molar-refractivity contribution < 1.29 is 14.0 Å². The molecule has 0 radical (unpaired) electrons. The summed E-state index contributed by atoms with van der Waals surface area (Å²) in [7, 11) is 0. The van der Waals surface area contributed by atoms with Crippen LogP contribution in [0.4, 0.5) is 4.39 Å². The summed E-state index contributed by atoms with van der Waals surface area (Å²) in [6.07, 6.45) is 0.696. The van der Waals surface area contributed by atoms with Crippen molar-refractivity contribution in [1.82, 2.24) is 5.32 Å². The molecule has 0 aliphatic heterocycles. The second-order valence-electron chi connectivity index (χ2n) is 4.74. The van der Waals surface area contributed by atoms with E-state index in [9.17, 15) is 14.0 Å². The molecule has 1 amide bonds. The van der Waals surface area contributed by atoms with E-state index in [1.165, 1.54) is 30.4 Å². The summed E-state index contributed by atoms with van der Waals surface area (Å²) in [5, 5.41) is 4.58. The second-order valence-corrected chi connectivity index (χ2v) is 5.65. The molecule has 0 bridgehead atoms. The summed E-state index contributed by atoms with van der Waals surface area (Å²) in [6.45, 7) is 3.42. The zero-order chi connectivity index (χ0) is 15.4. The van der Waals surface area contributed by atoms with E-state index in [1.54, 1.807) is 23.6 Å². The highest BCUT2D eigenvalue weighted by Crippen LogP contribution is 2.20. The number of hydrogen-bond donors (Lipinski definition) is 1. The van der Waals surface area contributed by atoms with Gasteiger partial charge in [-0.2, -0.15) is 0 Å². The smallest absolute Gasteiger partial charge is 0.252 e. The minimum Gasteiger partial charge on any atom is -0.345 e. The molecular formula is C16H16FNO2S. The molecule has 0 unspecified atom stereocenters. The van der Waals surface area contributed by atoms with Crippen LogP contribution in [0.5, 0.6) is 0 Å². The topological polar surface area (TPSA) is 46.2 Å². The Bertz CT molecular complexity index is 649. The summed E-state index contributed by atoms with van der Waals surface area (Å²) < 4.78 is 12.9. The van der Waals surface area contributed by atoms with Crippen LogP contribution >= 0.6 is 11.3 Å². The van der Waals surface area contributed by atoms with Crippen LogP contribution in [-0.2, 0) is 0 Å². The van der Waals surface area contributed by atoms with Crippen LogP contribution in [0.2, 0.25) is 0 Å². The Morgan fingerprint density at radius 3 is 2.48 bits per heavy atom. The van der Waals surface area contributed by atoms with Gasteiger partial charge in [0.05, 0.1) is 16.5 Å². The maximum atomic E-state index is 12.9. The van der Waals surface area contributed by atoms with Gasteiger partial charge in [-0.05, 0) is 37.1 Å². The van der Waals surface area contributed by atoms with Crippen LogP contribution in [0.25, 0.3) is 0 Å². The number of halogens is 1. The Hall–Kier alpha value is -2.01. The molecule has 1 N–H and O–H groups in total. The van der Waals surface area contributed by atoms with E-state index in [4.69, 9.17) is 0 Å². The number of nitrogens with one attached hydrogen (secondary N) is 1. The highest BCUT2D eigenvalue weighted by atomic mass is 32.1. The number of hydrogen-bond acceptors (Lipinski definition) is 3. The lowest BCUT2D eigenvalue weighted by atomic mass is 10.0. The summed E-state index contributed by atoms with van der Waals surface area (Å²) >= 11 is 1.26. The van der Waals surface area contributed by atoms with Gasteiger partial charge in [0, 0.05) is 5.38 Å². The molecule has 1 heterocycles. The highest BCUT2D eigenvalue weighted by molar-refractivity contribution is 7.12. The minimum atomic E-state index is -0.302. The second kappa shape index (κ2) is 6.63. The average molecular weight is 305 g/mol. The largest absolute Gasteiger partial charge is 0.345 e. The number of amides is 1. The monoisotopic (exact) mass is 305 g/mol. The minimum absolute atomic E-state index is 0.0513. The Morgan fingerprint density at radius 1 is 1.29 bits per heavy atom. The molecule has 0 saturated heterocycles. The Morgan fingerprint density at radius 2 is 1.95 bits per heavy atom. The predicted molar refractivity (Wildman–Crippen MR) is 81.2 cm³/mol. The van der Waals surface area contributed by atoms with E-state index >= 15 is 0 Å². The molecular weight excluding hydrogens is 289 g/mol. The van der Waals surface area contributed by atoms with Crippen molar-refractivity contribution in [2.45, 2.75) is 26.3 Å². The van der Waals surface area contributed by atoms with E-state index in [-0.39, 0.29) is 23.5 Å². The summed E-state index contributed by atoms with van der Waals surface area (Å²) in [5.74, 6) is -0.580. The van der Waals surface area contributed by atoms with Crippen LogP contribution in [-0.4, -0.2) is 11.7 Å². The van der Waals surface area contributed by atoms with Gasteiger partial charge in [0.15, 0.2) is 5.78 Å². The van der Waals surface area contributed by atoms with Crippen molar-refractivity contribution in [2.75, 3.05) is 0 Å². The molecule has 0 fully saturated rings. The van der Waals surface area contributed by atoms with Crippen molar-refractivity contribution in [3.63, 3.8) is 0 Å². The van der Waals surface area contributed by atoms with Gasteiger partial charge in [-0.1, -0.05) is 19.1 Å². The van der Waals surface area contributed by atoms with E-state index in [1.807, 2.05) is 6.92 Å². The van der Waals surface area contributed by atoms with Crippen molar-refractivity contribution >= 4 is 23.0 Å². The summed E-state index contributed by atoms with van der Waals surface area (Å²) in [6, 6.07) is 7.50. The fraction of sp³-hybridized carbons (Fsp3) is 0.250. The number of ketones is 1. The summed E-state index contributed by atoms with van der Waals surface area (Å²) in [5.41, 5.74) is 1.33. The number of thiophene rings is 1. The first kappa shape index (κ1) is 15.4. The lowest BCUT2D eigenvalue weighted by molar-refractivity contribution is 0.0936. The van der Waals surface area contributed by atoms with Gasteiger partial charge >= 0.3 is 0 Å². The van der Waals surface area contributed by atoms with Crippen LogP contribution in [0.3, 0.4) is 0 Å². The van der Waals surface area contributed by atoms with Crippen molar-refractivity contribution in [3.8, 4) is 0 Å². The molecule has 5 heteroatoms. The van der Waals surface area contributed by atoms with E-state index in [0.29, 0.717) is 16.9 Å². The molecule has 0 spiro atoms. The Kier molecular flexibility index (Phi) is 4.85. The average Bonchev–Trinajstić information content (AvgIpc) is 2.96. The first-order valence-corrected chi connectivity index (χ1v) is 7.55. The number of carbonyl (C=O) groups is 2. The van der Waals surface area contributed by atoms with Gasteiger partial charge in [0.1, 0.15) is 5.82 Å². The molecule has 21 heavy (non-hydrogen) atoms. The van der Waals surface area contributed by atoms with Crippen molar-refractivity contribution in [3.05, 3.63) is 57.5 Å². The molecule has 1 aromatic carbocycles. The molecule has 1 aromatic heterocycles.